The Labute approximate surface area is 182 Å². The Bertz CT molecular complexity index is 546. The van der Waals surface area contributed by atoms with Crippen molar-refractivity contribution >= 4 is 35.9 Å². The number of rotatable bonds is 9. The number of nitrogens with one attached hydrogen (secondary N) is 2. The van der Waals surface area contributed by atoms with Crippen LogP contribution < -0.4 is 10.6 Å². The van der Waals surface area contributed by atoms with Gasteiger partial charge in [-0.2, -0.15) is 11.8 Å². The topological polar surface area (TPSA) is 129 Å². The number of ether oxygens (including phenoxy) is 4. The number of thioether (sulfide) groups is 1. The van der Waals surface area contributed by atoms with Crippen LogP contribution >= 0.6 is 11.8 Å². The lowest BCUT2D eigenvalue weighted by molar-refractivity contribution is -0.143. The fourth-order valence-electron chi connectivity index (χ4n) is 2.00. The zero-order chi connectivity index (χ0) is 23.5. The SMILES string of the molecule is COC(=O)[C@H](CCSC[C@H](NC(=O)OC(C)(C)C)C(=O)OC)NC(=O)OC(C)(C)C. The third-order valence-electron chi connectivity index (χ3n) is 3.19. The predicted octanol–water partition coefficient (Wildman–Crippen LogP) is 2.24. The summed E-state index contributed by atoms with van der Waals surface area (Å²) in [5.74, 6) is -0.659. The Morgan fingerprint density at radius 1 is 0.767 bits per heavy atom. The molecule has 0 rings (SSSR count). The van der Waals surface area contributed by atoms with Crippen LogP contribution in [0.1, 0.15) is 48.0 Å². The lowest BCUT2D eigenvalue weighted by Gasteiger charge is -2.23. The number of hydrogen-bond acceptors (Lipinski definition) is 9. The minimum atomic E-state index is -0.926. The molecular formula is C19H34N2O8S. The van der Waals surface area contributed by atoms with Crippen LogP contribution in [0, 0.1) is 0 Å². The average Bonchev–Trinajstić information content (AvgIpc) is 2.58. The summed E-state index contributed by atoms with van der Waals surface area (Å²) < 4.78 is 19.7. The zero-order valence-corrected chi connectivity index (χ0v) is 19.8. The molecule has 0 radical (unpaired) electrons. The van der Waals surface area contributed by atoms with E-state index in [1.807, 2.05) is 0 Å². The number of esters is 2. The Morgan fingerprint density at radius 3 is 1.57 bits per heavy atom. The third-order valence-corrected chi connectivity index (χ3v) is 4.28. The van der Waals surface area contributed by atoms with E-state index in [-0.39, 0.29) is 12.2 Å². The molecule has 0 aliphatic rings. The van der Waals surface area contributed by atoms with Gasteiger partial charge in [-0.05, 0) is 53.7 Å². The normalized spacial score (nSPS) is 13.5. The molecule has 0 bridgehead atoms. The molecule has 0 heterocycles. The first-order valence-electron chi connectivity index (χ1n) is 9.41. The molecule has 0 spiro atoms. The fourth-order valence-corrected chi connectivity index (χ4v) is 3.03. The van der Waals surface area contributed by atoms with E-state index in [2.05, 4.69) is 10.6 Å². The monoisotopic (exact) mass is 450 g/mol. The number of carbonyl (C=O) groups is 4. The molecule has 2 amide bonds. The Balaban J connectivity index is 4.74. The van der Waals surface area contributed by atoms with E-state index in [4.69, 9.17) is 18.9 Å². The quantitative estimate of drug-likeness (QED) is 0.308. The van der Waals surface area contributed by atoms with E-state index < -0.39 is 47.4 Å². The van der Waals surface area contributed by atoms with Gasteiger partial charge in [0.05, 0.1) is 14.2 Å². The van der Waals surface area contributed by atoms with Gasteiger partial charge in [-0.1, -0.05) is 0 Å². The van der Waals surface area contributed by atoms with Crippen molar-refractivity contribution in [2.45, 2.75) is 71.2 Å². The van der Waals surface area contributed by atoms with E-state index in [1.54, 1.807) is 41.5 Å². The highest BCUT2D eigenvalue weighted by molar-refractivity contribution is 7.99. The maximum atomic E-state index is 11.9. The molecule has 0 aromatic rings. The number of methoxy groups -OCH3 is 2. The third kappa shape index (κ3) is 13.1. The number of carbonyl (C=O) groups excluding carboxylic acids is 4. The Morgan fingerprint density at radius 2 is 1.17 bits per heavy atom. The van der Waals surface area contributed by atoms with Crippen molar-refractivity contribution in [3.63, 3.8) is 0 Å². The van der Waals surface area contributed by atoms with Crippen molar-refractivity contribution in [2.24, 2.45) is 0 Å². The Hall–Kier alpha value is -2.17. The zero-order valence-electron chi connectivity index (χ0n) is 19.0. The van der Waals surface area contributed by atoms with Crippen LogP contribution in [-0.4, -0.2) is 73.1 Å². The van der Waals surface area contributed by atoms with Gasteiger partial charge >= 0.3 is 24.1 Å². The van der Waals surface area contributed by atoms with Gasteiger partial charge < -0.3 is 29.6 Å². The van der Waals surface area contributed by atoms with Gasteiger partial charge in [-0.3, -0.25) is 0 Å². The molecule has 0 unspecified atom stereocenters. The molecule has 2 N–H and O–H groups in total. The highest BCUT2D eigenvalue weighted by Crippen LogP contribution is 2.12. The smallest absolute Gasteiger partial charge is 0.408 e. The number of hydrogen-bond donors (Lipinski definition) is 2. The summed E-state index contributed by atoms with van der Waals surface area (Å²) in [5.41, 5.74) is -1.42. The van der Waals surface area contributed by atoms with E-state index in [1.165, 1.54) is 26.0 Å². The lowest BCUT2D eigenvalue weighted by atomic mass is 10.2. The van der Waals surface area contributed by atoms with Crippen molar-refractivity contribution in [1.82, 2.24) is 10.6 Å². The highest BCUT2D eigenvalue weighted by atomic mass is 32.2. The van der Waals surface area contributed by atoms with Gasteiger partial charge in [0.2, 0.25) is 0 Å². The summed E-state index contributed by atoms with van der Waals surface area (Å²) in [6.45, 7) is 10.2. The first-order valence-corrected chi connectivity index (χ1v) is 10.6. The van der Waals surface area contributed by atoms with Crippen molar-refractivity contribution in [2.75, 3.05) is 25.7 Å². The predicted molar refractivity (Wildman–Crippen MR) is 112 cm³/mol. The van der Waals surface area contributed by atoms with Crippen LogP contribution in [0.2, 0.25) is 0 Å². The van der Waals surface area contributed by atoms with Crippen LogP contribution in [-0.2, 0) is 28.5 Å². The standard InChI is InChI=1S/C19H34N2O8S/c1-18(2,3)28-16(24)20-12(14(22)26-7)9-10-30-11-13(15(23)27-8)21-17(25)29-19(4,5)6/h12-13H,9-11H2,1-8H3,(H,20,24)(H,21,25)/t12-,13-/m0/s1. The van der Waals surface area contributed by atoms with E-state index in [0.717, 1.165) is 0 Å². The molecule has 10 nitrogen and oxygen atoms in total. The molecule has 30 heavy (non-hydrogen) atoms. The van der Waals surface area contributed by atoms with Gasteiger partial charge in [0.15, 0.2) is 0 Å². The summed E-state index contributed by atoms with van der Waals surface area (Å²) in [7, 11) is 2.44. The largest absolute Gasteiger partial charge is 0.467 e. The van der Waals surface area contributed by atoms with Crippen molar-refractivity contribution < 1.29 is 38.1 Å². The van der Waals surface area contributed by atoms with Crippen molar-refractivity contribution in [3.05, 3.63) is 0 Å². The first-order chi connectivity index (χ1) is 13.7. The van der Waals surface area contributed by atoms with Gasteiger partial charge in [0, 0.05) is 5.75 Å². The second kappa shape index (κ2) is 12.5. The summed E-state index contributed by atoms with van der Waals surface area (Å²) in [4.78, 5) is 47.7. The molecule has 0 fully saturated rings. The average molecular weight is 451 g/mol. The second-order valence-corrected chi connectivity index (χ2v) is 9.46. The molecule has 11 heteroatoms. The number of amides is 2. The molecule has 0 aliphatic carbocycles. The molecule has 0 aliphatic heterocycles. The van der Waals surface area contributed by atoms with Gasteiger partial charge in [-0.15, -0.1) is 0 Å². The van der Waals surface area contributed by atoms with Crippen LogP contribution in [0.5, 0.6) is 0 Å². The second-order valence-electron chi connectivity index (χ2n) is 8.31. The van der Waals surface area contributed by atoms with E-state index >= 15 is 0 Å². The molecule has 0 saturated carbocycles. The van der Waals surface area contributed by atoms with E-state index in [9.17, 15) is 19.2 Å². The fraction of sp³-hybridized carbons (Fsp3) is 0.789. The van der Waals surface area contributed by atoms with E-state index in [0.29, 0.717) is 5.75 Å². The minimum absolute atomic E-state index is 0.187. The maximum Gasteiger partial charge on any atom is 0.408 e. The summed E-state index contributed by atoms with van der Waals surface area (Å²) in [6, 6.07) is -1.84. The highest BCUT2D eigenvalue weighted by Gasteiger charge is 2.27. The first kappa shape index (κ1) is 27.8. The van der Waals surface area contributed by atoms with Crippen molar-refractivity contribution in [3.8, 4) is 0 Å². The van der Waals surface area contributed by atoms with Crippen LogP contribution in [0.15, 0.2) is 0 Å². The Kier molecular flexibility index (Phi) is 11.6. The molecular weight excluding hydrogens is 416 g/mol. The molecule has 0 aromatic carbocycles. The summed E-state index contributed by atoms with van der Waals surface area (Å²) >= 11 is 1.29. The van der Waals surface area contributed by atoms with Gasteiger partial charge in [0.1, 0.15) is 23.3 Å². The molecule has 0 aromatic heterocycles. The molecule has 174 valence electrons. The van der Waals surface area contributed by atoms with Crippen LogP contribution in [0.25, 0.3) is 0 Å². The van der Waals surface area contributed by atoms with Gasteiger partial charge in [0.25, 0.3) is 0 Å². The number of alkyl carbamates (subject to hydrolysis) is 2. The molecule has 2 atom stereocenters. The lowest BCUT2D eigenvalue weighted by Crippen LogP contribution is -2.46. The van der Waals surface area contributed by atoms with Gasteiger partial charge in [-0.25, -0.2) is 19.2 Å². The van der Waals surface area contributed by atoms with Crippen LogP contribution in [0.3, 0.4) is 0 Å². The molecule has 0 saturated heterocycles. The minimum Gasteiger partial charge on any atom is -0.467 e. The summed E-state index contributed by atoms with van der Waals surface area (Å²) in [5, 5.41) is 4.94. The summed E-state index contributed by atoms with van der Waals surface area (Å²) in [6.07, 6.45) is -1.24. The van der Waals surface area contributed by atoms with Crippen molar-refractivity contribution in [1.29, 1.82) is 0 Å². The van der Waals surface area contributed by atoms with Crippen LogP contribution in [0.4, 0.5) is 9.59 Å². The maximum absolute atomic E-state index is 11.9.